The molecule has 2 unspecified atom stereocenters. The standard InChI is InChI=1S/C13H23N5OS/c1-5-15-13-16-11(14)10(20-13)12(19)18-6-8(2)17(4)9(3)7-18/h8-9H,5-7,14H2,1-4H3,(H,15,16). The highest BCUT2D eigenvalue weighted by atomic mass is 32.1. The first-order chi connectivity index (χ1) is 9.43. The number of anilines is 2. The van der Waals surface area contributed by atoms with Crippen LogP contribution in [0.2, 0.25) is 0 Å². The highest BCUT2D eigenvalue weighted by molar-refractivity contribution is 7.18. The van der Waals surface area contributed by atoms with E-state index in [1.165, 1.54) is 11.3 Å². The van der Waals surface area contributed by atoms with E-state index in [0.29, 0.717) is 27.9 Å². The van der Waals surface area contributed by atoms with E-state index in [1.807, 2.05) is 11.8 Å². The number of thiazole rings is 1. The van der Waals surface area contributed by atoms with E-state index >= 15 is 0 Å². The molecule has 2 heterocycles. The molecule has 0 bridgehead atoms. The third-order valence-corrected chi connectivity index (χ3v) is 4.84. The van der Waals surface area contributed by atoms with Crippen LogP contribution in [0.3, 0.4) is 0 Å². The Balaban J connectivity index is 2.15. The van der Waals surface area contributed by atoms with Crippen molar-refractivity contribution in [2.45, 2.75) is 32.9 Å². The smallest absolute Gasteiger partial charge is 0.267 e. The van der Waals surface area contributed by atoms with Gasteiger partial charge in [-0.3, -0.25) is 9.69 Å². The summed E-state index contributed by atoms with van der Waals surface area (Å²) >= 11 is 1.34. The van der Waals surface area contributed by atoms with Crippen molar-refractivity contribution in [3.63, 3.8) is 0 Å². The Labute approximate surface area is 124 Å². The molecule has 0 aliphatic carbocycles. The van der Waals surface area contributed by atoms with Crippen molar-refractivity contribution in [2.75, 3.05) is 37.7 Å². The largest absolute Gasteiger partial charge is 0.382 e. The fraction of sp³-hybridized carbons (Fsp3) is 0.692. The molecule has 2 rings (SSSR count). The van der Waals surface area contributed by atoms with E-state index < -0.39 is 0 Å². The molecule has 2 atom stereocenters. The summed E-state index contributed by atoms with van der Waals surface area (Å²) < 4.78 is 0. The summed E-state index contributed by atoms with van der Waals surface area (Å²) in [5, 5.41) is 3.81. The Hall–Kier alpha value is -1.34. The van der Waals surface area contributed by atoms with Gasteiger partial charge in [0.1, 0.15) is 10.7 Å². The zero-order chi connectivity index (χ0) is 14.9. The molecule has 20 heavy (non-hydrogen) atoms. The number of amides is 1. The summed E-state index contributed by atoms with van der Waals surface area (Å²) in [7, 11) is 2.10. The predicted octanol–water partition coefficient (Wildman–Crippen LogP) is 1.32. The van der Waals surface area contributed by atoms with Crippen molar-refractivity contribution >= 4 is 28.2 Å². The lowest BCUT2D eigenvalue weighted by atomic mass is 10.1. The molecule has 0 spiro atoms. The van der Waals surface area contributed by atoms with Gasteiger partial charge < -0.3 is 16.0 Å². The zero-order valence-corrected chi connectivity index (χ0v) is 13.3. The number of rotatable bonds is 3. The number of hydrogen-bond donors (Lipinski definition) is 2. The molecule has 1 aliphatic heterocycles. The van der Waals surface area contributed by atoms with Gasteiger partial charge in [0, 0.05) is 31.7 Å². The Kier molecular flexibility index (Phi) is 4.49. The van der Waals surface area contributed by atoms with Gasteiger partial charge in [-0.15, -0.1) is 0 Å². The minimum atomic E-state index is -0.00375. The molecule has 6 nitrogen and oxygen atoms in total. The quantitative estimate of drug-likeness (QED) is 0.880. The molecule has 0 aromatic carbocycles. The third kappa shape index (κ3) is 2.88. The van der Waals surface area contributed by atoms with Gasteiger partial charge in [0.05, 0.1) is 0 Å². The number of nitrogens with one attached hydrogen (secondary N) is 1. The fourth-order valence-corrected chi connectivity index (χ4v) is 3.35. The number of aromatic nitrogens is 1. The van der Waals surface area contributed by atoms with Crippen molar-refractivity contribution in [2.24, 2.45) is 0 Å². The van der Waals surface area contributed by atoms with Crippen molar-refractivity contribution in [3.8, 4) is 0 Å². The normalized spacial score (nSPS) is 23.9. The van der Waals surface area contributed by atoms with Crippen LogP contribution in [0, 0.1) is 0 Å². The Morgan fingerprint density at radius 3 is 2.60 bits per heavy atom. The molecule has 1 saturated heterocycles. The maximum Gasteiger partial charge on any atom is 0.267 e. The van der Waals surface area contributed by atoms with E-state index in [4.69, 9.17) is 5.73 Å². The number of carbonyl (C=O) groups excluding carboxylic acids is 1. The maximum absolute atomic E-state index is 12.6. The van der Waals surface area contributed by atoms with Crippen LogP contribution >= 0.6 is 11.3 Å². The second-order valence-electron chi connectivity index (χ2n) is 5.34. The third-order valence-electron chi connectivity index (χ3n) is 3.82. The molecule has 1 fully saturated rings. The number of likely N-dealkylation sites (N-methyl/N-ethyl adjacent to an activating group) is 1. The summed E-state index contributed by atoms with van der Waals surface area (Å²) in [4.78, 5) is 21.5. The zero-order valence-electron chi connectivity index (χ0n) is 12.5. The van der Waals surface area contributed by atoms with Gasteiger partial charge in [-0.1, -0.05) is 11.3 Å². The summed E-state index contributed by atoms with van der Waals surface area (Å²) in [5.74, 6) is 0.325. The maximum atomic E-state index is 12.6. The van der Waals surface area contributed by atoms with Crippen molar-refractivity contribution in [3.05, 3.63) is 4.88 Å². The van der Waals surface area contributed by atoms with Crippen LogP contribution in [-0.4, -0.2) is 59.5 Å². The van der Waals surface area contributed by atoms with Crippen LogP contribution in [0.5, 0.6) is 0 Å². The van der Waals surface area contributed by atoms with E-state index in [9.17, 15) is 4.79 Å². The fourth-order valence-electron chi connectivity index (χ4n) is 2.43. The first kappa shape index (κ1) is 15.1. The average molecular weight is 297 g/mol. The molecule has 1 amide bonds. The molecule has 1 aromatic heterocycles. The Morgan fingerprint density at radius 2 is 2.05 bits per heavy atom. The van der Waals surface area contributed by atoms with Gasteiger partial charge in [-0.25, -0.2) is 4.98 Å². The van der Waals surface area contributed by atoms with Gasteiger partial charge in [-0.2, -0.15) is 0 Å². The summed E-state index contributed by atoms with van der Waals surface area (Å²) in [6.07, 6.45) is 0. The molecular weight excluding hydrogens is 274 g/mol. The van der Waals surface area contributed by atoms with Gasteiger partial charge >= 0.3 is 0 Å². The van der Waals surface area contributed by atoms with E-state index in [1.54, 1.807) is 0 Å². The molecule has 0 radical (unpaired) electrons. The van der Waals surface area contributed by atoms with Crippen LogP contribution in [0.25, 0.3) is 0 Å². The second kappa shape index (κ2) is 5.97. The van der Waals surface area contributed by atoms with Crippen LogP contribution < -0.4 is 11.1 Å². The number of carbonyl (C=O) groups is 1. The average Bonchev–Trinajstić information content (AvgIpc) is 2.76. The van der Waals surface area contributed by atoms with Crippen molar-refractivity contribution in [1.82, 2.24) is 14.8 Å². The highest BCUT2D eigenvalue weighted by Crippen LogP contribution is 2.27. The van der Waals surface area contributed by atoms with Crippen LogP contribution in [0.1, 0.15) is 30.4 Å². The number of nitrogens with two attached hydrogens (primary N) is 1. The molecule has 3 N–H and O–H groups in total. The van der Waals surface area contributed by atoms with Crippen molar-refractivity contribution in [1.29, 1.82) is 0 Å². The minimum Gasteiger partial charge on any atom is -0.382 e. The number of piperazine rings is 1. The van der Waals surface area contributed by atoms with Gasteiger partial charge in [0.2, 0.25) is 0 Å². The first-order valence-electron chi connectivity index (χ1n) is 6.95. The topological polar surface area (TPSA) is 74.5 Å². The lowest BCUT2D eigenvalue weighted by Gasteiger charge is -2.42. The Morgan fingerprint density at radius 1 is 1.45 bits per heavy atom. The molecular formula is C13H23N5OS. The molecule has 1 aliphatic rings. The van der Waals surface area contributed by atoms with Gasteiger partial charge in [0.15, 0.2) is 5.13 Å². The lowest BCUT2D eigenvalue weighted by Crippen LogP contribution is -2.56. The summed E-state index contributed by atoms with van der Waals surface area (Å²) in [6, 6.07) is 0.704. The van der Waals surface area contributed by atoms with E-state index in [0.717, 1.165) is 19.6 Å². The summed E-state index contributed by atoms with van der Waals surface area (Å²) in [5.41, 5.74) is 5.88. The molecule has 112 valence electrons. The second-order valence-corrected chi connectivity index (χ2v) is 6.34. The number of hydrogen-bond acceptors (Lipinski definition) is 6. The van der Waals surface area contributed by atoms with Gasteiger partial charge in [-0.05, 0) is 27.8 Å². The Bertz CT molecular complexity index is 477. The highest BCUT2D eigenvalue weighted by Gasteiger charge is 2.31. The van der Waals surface area contributed by atoms with Crippen LogP contribution in [-0.2, 0) is 0 Å². The monoisotopic (exact) mass is 297 g/mol. The lowest BCUT2D eigenvalue weighted by molar-refractivity contribution is 0.0419. The first-order valence-corrected chi connectivity index (χ1v) is 7.77. The number of nitrogens with zero attached hydrogens (tertiary/aromatic N) is 3. The minimum absolute atomic E-state index is 0.00375. The van der Waals surface area contributed by atoms with E-state index in [-0.39, 0.29) is 5.91 Å². The van der Waals surface area contributed by atoms with Crippen LogP contribution in [0.4, 0.5) is 10.9 Å². The molecule has 0 saturated carbocycles. The predicted molar refractivity (Wildman–Crippen MR) is 83.3 cm³/mol. The van der Waals surface area contributed by atoms with Crippen LogP contribution in [0.15, 0.2) is 0 Å². The molecule has 1 aromatic rings. The number of nitrogen functional groups attached to an aromatic ring is 1. The van der Waals surface area contributed by atoms with E-state index in [2.05, 4.69) is 36.1 Å². The summed E-state index contributed by atoms with van der Waals surface area (Å²) in [6.45, 7) is 8.49. The van der Waals surface area contributed by atoms with Crippen molar-refractivity contribution < 1.29 is 4.79 Å². The SMILES string of the molecule is CCNc1nc(N)c(C(=O)N2CC(C)N(C)C(C)C2)s1. The van der Waals surface area contributed by atoms with Gasteiger partial charge in [0.25, 0.3) is 5.91 Å². The molecule has 7 heteroatoms.